The van der Waals surface area contributed by atoms with Gasteiger partial charge in [-0.25, -0.2) is 12.9 Å². The van der Waals surface area contributed by atoms with E-state index in [9.17, 15) is 8.42 Å². The lowest BCUT2D eigenvalue weighted by Gasteiger charge is -2.29. The number of benzene rings is 2. The summed E-state index contributed by atoms with van der Waals surface area (Å²) in [4.78, 5) is 0.988. The van der Waals surface area contributed by atoms with E-state index in [2.05, 4.69) is 28.9 Å². The highest BCUT2D eigenvalue weighted by atomic mass is 35.5. The second-order valence-corrected chi connectivity index (χ2v) is 16.3. The highest BCUT2D eigenvalue weighted by Gasteiger charge is 2.42. The highest BCUT2D eigenvalue weighted by Crippen LogP contribution is 2.49. The van der Waals surface area contributed by atoms with Crippen LogP contribution in [-0.4, -0.2) is 64.2 Å². The molecule has 4 aliphatic rings. The molecule has 4 aromatic rings. The van der Waals surface area contributed by atoms with Crippen LogP contribution in [-0.2, 0) is 27.7 Å². The number of nitrogens with zero attached hydrogens (tertiary/aromatic N) is 4. The van der Waals surface area contributed by atoms with E-state index in [-0.39, 0.29) is 10.9 Å². The minimum Gasteiger partial charge on any atom is -0.379 e. The van der Waals surface area contributed by atoms with Crippen molar-refractivity contribution in [3.63, 3.8) is 0 Å². The van der Waals surface area contributed by atoms with Gasteiger partial charge in [-0.1, -0.05) is 54.5 Å². The topological polar surface area (TPSA) is 80.9 Å². The molecule has 0 spiro atoms. The van der Waals surface area contributed by atoms with Crippen molar-refractivity contribution in [2.24, 2.45) is 17.8 Å². The number of ether oxygens (including phenoxy) is 1. The van der Waals surface area contributed by atoms with E-state index in [0.29, 0.717) is 42.2 Å². The van der Waals surface area contributed by atoms with E-state index >= 15 is 0 Å². The van der Waals surface area contributed by atoms with Crippen molar-refractivity contribution >= 4 is 44.5 Å². The minimum absolute atomic E-state index is 0.270. The molecule has 1 N–H and O–H groups in total. The van der Waals surface area contributed by atoms with Crippen LogP contribution in [0.1, 0.15) is 56.7 Å². The number of thiocarbonyl (C=S) groups is 1. The molecule has 4 atom stereocenters. The fourth-order valence-electron chi connectivity index (χ4n) is 8.61. The van der Waals surface area contributed by atoms with Crippen molar-refractivity contribution in [1.29, 1.82) is 0 Å². The van der Waals surface area contributed by atoms with Crippen molar-refractivity contribution in [3.8, 4) is 22.5 Å². The van der Waals surface area contributed by atoms with Gasteiger partial charge < -0.3 is 14.6 Å². The van der Waals surface area contributed by atoms with Crippen molar-refractivity contribution in [3.05, 3.63) is 64.8 Å². The first-order valence-corrected chi connectivity index (χ1v) is 18.9. The SMILES string of the molecule is C[C@H](NC(=S)c1c(-c2ccc(Cl)cc2)c2c3n(c(-c4cccc(S(=O)(=O)N5CCOCC5)c4)nn13)CCCC2)[C@@H]1C[C@H]2CC[C@H]1C2. The van der Waals surface area contributed by atoms with Crippen LogP contribution in [0.5, 0.6) is 0 Å². The Kier molecular flexibility index (Phi) is 8.00. The molecule has 0 amide bonds. The first-order valence-electron chi connectivity index (χ1n) is 16.7. The van der Waals surface area contributed by atoms with Crippen LogP contribution in [0, 0.1) is 17.8 Å². The normalized spacial score (nSPS) is 23.9. The highest BCUT2D eigenvalue weighted by molar-refractivity contribution is 7.89. The molecule has 2 saturated carbocycles. The largest absolute Gasteiger partial charge is 0.379 e. The van der Waals surface area contributed by atoms with E-state index in [1.54, 1.807) is 12.1 Å². The van der Waals surface area contributed by atoms with Gasteiger partial charge in [-0.2, -0.15) is 4.31 Å². The predicted octanol–water partition coefficient (Wildman–Crippen LogP) is 6.57. The molecule has 8 nitrogen and oxygen atoms in total. The van der Waals surface area contributed by atoms with E-state index in [0.717, 1.165) is 71.5 Å². The van der Waals surface area contributed by atoms with Crippen LogP contribution < -0.4 is 5.32 Å². The number of aryl methyl sites for hydroxylation is 2. The Morgan fingerprint density at radius 2 is 1.85 bits per heavy atom. The number of rotatable bonds is 7. The van der Waals surface area contributed by atoms with E-state index < -0.39 is 10.0 Å². The van der Waals surface area contributed by atoms with Gasteiger partial charge in [0.2, 0.25) is 10.0 Å². The Bertz CT molecular complexity index is 1910. The summed E-state index contributed by atoms with van der Waals surface area (Å²) in [5.74, 6) is 3.04. The van der Waals surface area contributed by atoms with Gasteiger partial charge in [-0.05, 0) is 93.0 Å². The first-order chi connectivity index (χ1) is 22.3. The predicted molar refractivity (Wildman–Crippen MR) is 185 cm³/mol. The zero-order valence-corrected chi connectivity index (χ0v) is 28.5. The molecule has 0 radical (unpaired) electrons. The van der Waals surface area contributed by atoms with Crippen molar-refractivity contribution < 1.29 is 13.2 Å². The number of nitrogens with one attached hydrogen (secondary N) is 1. The summed E-state index contributed by atoms with van der Waals surface area (Å²) < 4.78 is 38.4. The number of hydrogen-bond acceptors (Lipinski definition) is 5. The standard InChI is InChI=1S/C35H40ClN5O3S2/c1-22(30-20-23-8-9-25(30)19-23)37-34(45)32-31(24-10-12-27(36)13-11-24)29-7-2-3-14-40-33(38-41(32)35(29)40)26-5-4-6-28(21-26)46(42,43)39-15-17-44-18-16-39/h4-6,10-13,21-23,25,30H,2-3,7-9,14-20H2,1H3,(H,37,45)/t22-,23-,25-,30-/m0/s1. The minimum atomic E-state index is -3.66. The Morgan fingerprint density at radius 3 is 2.59 bits per heavy atom. The fraction of sp³-hybridized carbons (Fsp3) is 0.486. The number of aromatic nitrogens is 3. The Morgan fingerprint density at radius 1 is 1.04 bits per heavy atom. The van der Waals surface area contributed by atoms with Gasteiger partial charge in [-0.15, -0.1) is 5.10 Å². The van der Waals surface area contributed by atoms with E-state index in [1.165, 1.54) is 35.6 Å². The lowest BCUT2D eigenvalue weighted by atomic mass is 9.84. The summed E-state index contributed by atoms with van der Waals surface area (Å²) in [6.07, 6.45) is 8.28. The molecule has 1 saturated heterocycles. The summed E-state index contributed by atoms with van der Waals surface area (Å²) in [6, 6.07) is 15.5. The number of morpholine rings is 1. The molecular weight excluding hydrogens is 638 g/mol. The third kappa shape index (κ3) is 5.21. The van der Waals surface area contributed by atoms with Crippen LogP contribution in [0.15, 0.2) is 53.4 Å². The molecule has 4 heterocycles. The summed E-state index contributed by atoms with van der Waals surface area (Å²) in [7, 11) is -3.66. The average Bonchev–Trinajstić information content (AvgIpc) is 3.82. The number of sulfonamides is 1. The Hall–Kier alpha value is -2.76. The van der Waals surface area contributed by atoms with Crippen molar-refractivity contribution in [2.75, 3.05) is 26.3 Å². The van der Waals surface area contributed by atoms with E-state index in [4.69, 9.17) is 33.7 Å². The molecule has 2 aromatic heterocycles. The van der Waals surface area contributed by atoms with Crippen LogP contribution in [0.3, 0.4) is 0 Å². The van der Waals surface area contributed by atoms with Gasteiger partial charge in [0, 0.05) is 47.4 Å². The maximum absolute atomic E-state index is 13.6. The van der Waals surface area contributed by atoms with Gasteiger partial charge >= 0.3 is 0 Å². The third-order valence-electron chi connectivity index (χ3n) is 10.8. The number of fused-ring (bicyclic) bond motifs is 2. The Labute approximate surface area is 281 Å². The van der Waals surface area contributed by atoms with Crippen LogP contribution >= 0.6 is 23.8 Å². The molecular formula is C35H40ClN5O3S2. The second-order valence-electron chi connectivity index (χ2n) is 13.5. The molecule has 3 fully saturated rings. The number of halogens is 1. The van der Waals surface area contributed by atoms with Crippen LogP contribution in [0.25, 0.3) is 28.2 Å². The summed E-state index contributed by atoms with van der Waals surface area (Å²) in [5, 5.41) is 9.74. The number of hydrogen-bond donors (Lipinski definition) is 1. The summed E-state index contributed by atoms with van der Waals surface area (Å²) >= 11 is 12.6. The lowest BCUT2D eigenvalue weighted by Crippen LogP contribution is -2.40. The zero-order chi connectivity index (χ0) is 31.6. The Balaban J connectivity index is 1.25. The zero-order valence-electron chi connectivity index (χ0n) is 26.1. The van der Waals surface area contributed by atoms with Gasteiger partial charge in [0.1, 0.15) is 16.3 Å². The molecule has 0 unspecified atom stereocenters. The fourth-order valence-corrected chi connectivity index (χ4v) is 10.6. The average molecular weight is 678 g/mol. The molecule has 2 aliphatic heterocycles. The summed E-state index contributed by atoms with van der Waals surface area (Å²) in [6.45, 7) is 4.61. The van der Waals surface area contributed by atoms with Crippen LogP contribution in [0.2, 0.25) is 5.02 Å². The lowest BCUT2D eigenvalue weighted by molar-refractivity contribution is 0.0730. The third-order valence-corrected chi connectivity index (χ3v) is 13.3. The molecule has 11 heteroatoms. The van der Waals surface area contributed by atoms with Gasteiger partial charge in [-0.3, -0.25) is 0 Å². The van der Waals surface area contributed by atoms with Crippen molar-refractivity contribution in [1.82, 2.24) is 23.8 Å². The van der Waals surface area contributed by atoms with E-state index in [1.807, 2.05) is 28.8 Å². The maximum Gasteiger partial charge on any atom is 0.243 e. The van der Waals surface area contributed by atoms with Crippen molar-refractivity contribution in [2.45, 2.75) is 69.4 Å². The molecule has 46 heavy (non-hydrogen) atoms. The van der Waals surface area contributed by atoms with Gasteiger partial charge in [0.15, 0.2) is 5.82 Å². The quantitative estimate of drug-likeness (QED) is 0.223. The van der Waals surface area contributed by atoms with Crippen LogP contribution in [0.4, 0.5) is 0 Å². The van der Waals surface area contributed by atoms with Gasteiger partial charge in [0.25, 0.3) is 0 Å². The molecule has 8 rings (SSSR count). The molecule has 2 aromatic carbocycles. The molecule has 2 bridgehead atoms. The first kappa shape index (κ1) is 30.6. The molecule has 242 valence electrons. The second kappa shape index (κ2) is 12.0. The summed E-state index contributed by atoms with van der Waals surface area (Å²) in [5.41, 5.74) is 6.12. The maximum atomic E-state index is 13.6. The monoisotopic (exact) mass is 677 g/mol. The van der Waals surface area contributed by atoms with Gasteiger partial charge in [0.05, 0.1) is 18.1 Å². The smallest absolute Gasteiger partial charge is 0.243 e. The molecule has 2 aliphatic carbocycles.